The summed E-state index contributed by atoms with van der Waals surface area (Å²) in [5.41, 5.74) is 3.15. The van der Waals surface area contributed by atoms with Gasteiger partial charge in [0.05, 0.1) is 7.11 Å². The van der Waals surface area contributed by atoms with Gasteiger partial charge >= 0.3 is 5.97 Å². The van der Waals surface area contributed by atoms with Gasteiger partial charge in [-0.3, -0.25) is 9.69 Å². The summed E-state index contributed by atoms with van der Waals surface area (Å²) in [6, 6.07) is 10.4. The summed E-state index contributed by atoms with van der Waals surface area (Å²) in [6.45, 7) is 4.32. The predicted octanol–water partition coefficient (Wildman–Crippen LogP) is 5.02. The van der Waals surface area contributed by atoms with Crippen LogP contribution in [0.1, 0.15) is 61.6 Å². The van der Waals surface area contributed by atoms with Crippen molar-refractivity contribution in [1.82, 2.24) is 19.2 Å². The first kappa shape index (κ1) is 26.3. The molecule has 2 aromatic heterocycles. The number of carboxylic acid groups (broad SMARTS) is 1. The van der Waals surface area contributed by atoms with Crippen LogP contribution in [0.3, 0.4) is 0 Å². The van der Waals surface area contributed by atoms with Gasteiger partial charge < -0.3 is 19.1 Å². The number of methoxy groups -OCH3 is 1. The third kappa shape index (κ3) is 5.54. The quantitative estimate of drug-likeness (QED) is 0.416. The van der Waals surface area contributed by atoms with Crippen LogP contribution in [0, 0.1) is 17.7 Å². The Balaban J connectivity index is 1.14. The van der Waals surface area contributed by atoms with Crippen LogP contribution in [0.2, 0.25) is 0 Å². The minimum atomic E-state index is -0.716. The lowest BCUT2D eigenvalue weighted by molar-refractivity contribution is -0.144. The Kier molecular flexibility index (Phi) is 7.58. The maximum absolute atomic E-state index is 14.2. The highest BCUT2D eigenvalue weighted by Gasteiger charge is 2.41. The molecule has 3 atom stereocenters. The van der Waals surface area contributed by atoms with E-state index in [0.29, 0.717) is 18.4 Å². The fourth-order valence-electron chi connectivity index (χ4n) is 7.06. The smallest absolute Gasteiger partial charge is 0.320 e. The SMILES string of the molecule is COc1ccn2c(C3CCN(C[C@H]4CN(C(CC5CCC5)C(=O)O)CC4c4cccc(F)c4)CC3)cnc2c1. The number of pyridine rings is 1. The summed E-state index contributed by atoms with van der Waals surface area (Å²) in [6.07, 6.45) is 10.4. The van der Waals surface area contributed by atoms with Gasteiger partial charge in [0, 0.05) is 55.6 Å². The second-order valence-corrected chi connectivity index (χ2v) is 11.8. The van der Waals surface area contributed by atoms with E-state index >= 15 is 0 Å². The van der Waals surface area contributed by atoms with Crippen molar-refractivity contribution in [3.05, 3.63) is 65.9 Å². The van der Waals surface area contributed by atoms with E-state index < -0.39 is 12.0 Å². The maximum atomic E-state index is 14.2. The number of hydrogen-bond acceptors (Lipinski definition) is 5. The van der Waals surface area contributed by atoms with Gasteiger partial charge in [-0.1, -0.05) is 31.4 Å². The van der Waals surface area contributed by atoms with Crippen molar-refractivity contribution in [3.63, 3.8) is 0 Å². The van der Waals surface area contributed by atoms with Gasteiger partial charge in [-0.2, -0.15) is 0 Å². The fourth-order valence-corrected chi connectivity index (χ4v) is 7.06. The van der Waals surface area contributed by atoms with Crippen molar-refractivity contribution in [2.45, 2.75) is 56.4 Å². The first-order valence-electron chi connectivity index (χ1n) is 14.4. The predicted molar refractivity (Wildman–Crippen MR) is 148 cm³/mol. The van der Waals surface area contributed by atoms with E-state index in [2.05, 4.69) is 19.2 Å². The standard InChI is InChI=1S/C31H39FN4O3/c1-39-26-10-13-36-29(17-33-30(36)16-26)22-8-11-34(12-9-22)18-24-19-35(28(31(37)38)14-21-4-2-5-21)20-27(24)23-6-3-7-25(32)15-23/h3,6-7,10,13,15-17,21-22,24,27-28H,2,4-5,8-9,11-12,14,18-20H2,1H3,(H,37,38)/t24-,27?,28?/m0/s1. The number of likely N-dealkylation sites (tertiary alicyclic amines) is 2. The summed E-state index contributed by atoms with van der Waals surface area (Å²) >= 11 is 0. The van der Waals surface area contributed by atoms with Crippen molar-refractivity contribution in [2.24, 2.45) is 11.8 Å². The minimum Gasteiger partial charge on any atom is -0.497 e. The first-order chi connectivity index (χ1) is 19.0. The summed E-state index contributed by atoms with van der Waals surface area (Å²) < 4.78 is 21.7. The summed E-state index contributed by atoms with van der Waals surface area (Å²) in [5, 5.41) is 10.1. The van der Waals surface area contributed by atoms with Gasteiger partial charge in [0.15, 0.2) is 0 Å². The van der Waals surface area contributed by atoms with Crippen molar-refractivity contribution in [1.29, 1.82) is 0 Å². The number of aromatic nitrogens is 2. The molecule has 8 heteroatoms. The van der Waals surface area contributed by atoms with E-state index in [1.165, 1.54) is 18.2 Å². The molecule has 0 radical (unpaired) electrons. The number of carbonyl (C=O) groups is 1. The molecule has 0 bridgehead atoms. The monoisotopic (exact) mass is 534 g/mol. The summed E-state index contributed by atoms with van der Waals surface area (Å²) in [7, 11) is 1.67. The van der Waals surface area contributed by atoms with Crippen LogP contribution >= 0.6 is 0 Å². The molecule has 208 valence electrons. The number of halogens is 1. The molecule has 1 saturated carbocycles. The maximum Gasteiger partial charge on any atom is 0.320 e. The van der Waals surface area contributed by atoms with E-state index in [4.69, 9.17) is 4.74 Å². The van der Waals surface area contributed by atoms with Gasteiger partial charge in [0.1, 0.15) is 23.3 Å². The number of fused-ring (bicyclic) bond motifs is 1. The van der Waals surface area contributed by atoms with Crippen LogP contribution in [0.15, 0.2) is 48.8 Å². The van der Waals surface area contributed by atoms with E-state index in [9.17, 15) is 14.3 Å². The van der Waals surface area contributed by atoms with Crippen LogP contribution < -0.4 is 4.74 Å². The number of rotatable bonds is 9. The number of aliphatic carboxylic acids is 1. The molecule has 2 unspecified atom stereocenters. The molecule has 3 fully saturated rings. The van der Waals surface area contributed by atoms with Crippen molar-refractivity contribution >= 4 is 11.6 Å². The lowest BCUT2D eigenvalue weighted by atomic mass is 9.80. The highest BCUT2D eigenvalue weighted by atomic mass is 19.1. The zero-order chi connectivity index (χ0) is 26.9. The van der Waals surface area contributed by atoms with Gasteiger partial charge in [0.25, 0.3) is 0 Å². The van der Waals surface area contributed by atoms with Gasteiger partial charge in [-0.15, -0.1) is 0 Å². The number of nitrogens with zero attached hydrogens (tertiary/aromatic N) is 4. The Morgan fingerprint density at radius 2 is 1.97 bits per heavy atom. The molecule has 3 aliphatic rings. The molecule has 3 aromatic rings. The van der Waals surface area contributed by atoms with E-state index in [1.54, 1.807) is 19.2 Å². The lowest BCUT2D eigenvalue weighted by Gasteiger charge is -2.35. The van der Waals surface area contributed by atoms with Gasteiger partial charge in [-0.05, 0) is 68.0 Å². The summed E-state index contributed by atoms with van der Waals surface area (Å²) in [4.78, 5) is 21.6. The van der Waals surface area contributed by atoms with Crippen molar-refractivity contribution < 1.29 is 19.0 Å². The normalized spacial score (nSPS) is 24.2. The number of ether oxygens (including phenoxy) is 1. The largest absolute Gasteiger partial charge is 0.497 e. The molecule has 7 nitrogen and oxygen atoms in total. The molecule has 1 aromatic carbocycles. The Labute approximate surface area is 229 Å². The molecule has 6 rings (SSSR count). The molecule has 2 aliphatic heterocycles. The molecule has 2 saturated heterocycles. The fraction of sp³-hybridized carbons (Fsp3) is 0.548. The van der Waals surface area contributed by atoms with Crippen LogP contribution in [0.5, 0.6) is 5.75 Å². The van der Waals surface area contributed by atoms with E-state index in [-0.39, 0.29) is 17.7 Å². The van der Waals surface area contributed by atoms with Crippen LogP contribution in [0.25, 0.3) is 5.65 Å². The number of imidazole rings is 1. The molecular formula is C31H39FN4O3. The average Bonchev–Trinajstić information content (AvgIpc) is 3.52. The Morgan fingerprint density at radius 1 is 1.15 bits per heavy atom. The van der Waals surface area contributed by atoms with Gasteiger partial charge in [-0.25, -0.2) is 9.37 Å². The minimum absolute atomic E-state index is 0.135. The Bertz CT molecular complexity index is 1300. The molecule has 39 heavy (non-hydrogen) atoms. The number of benzene rings is 1. The van der Waals surface area contributed by atoms with Crippen molar-refractivity contribution in [3.8, 4) is 5.75 Å². The molecule has 0 spiro atoms. The van der Waals surface area contributed by atoms with Gasteiger partial charge in [0.2, 0.25) is 0 Å². The topological polar surface area (TPSA) is 70.3 Å². The number of hydrogen-bond donors (Lipinski definition) is 1. The van der Waals surface area contributed by atoms with E-state index in [1.807, 2.05) is 30.6 Å². The van der Waals surface area contributed by atoms with Crippen LogP contribution in [-0.2, 0) is 4.79 Å². The highest BCUT2D eigenvalue weighted by molar-refractivity contribution is 5.73. The molecule has 1 N–H and O–H groups in total. The average molecular weight is 535 g/mol. The number of piperidine rings is 1. The second-order valence-electron chi connectivity index (χ2n) is 11.8. The lowest BCUT2D eigenvalue weighted by Crippen LogP contribution is -2.43. The van der Waals surface area contributed by atoms with E-state index in [0.717, 1.165) is 75.2 Å². The summed E-state index contributed by atoms with van der Waals surface area (Å²) in [5.74, 6) is 1.25. The Morgan fingerprint density at radius 3 is 2.67 bits per heavy atom. The zero-order valence-electron chi connectivity index (χ0n) is 22.7. The number of carboxylic acids is 1. The third-order valence-corrected chi connectivity index (χ3v) is 9.50. The van der Waals surface area contributed by atoms with Crippen molar-refractivity contribution in [2.75, 3.05) is 39.8 Å². The second kappa shape index (κ2) is 11.3. The third-order valence-electron chi connectivity index (χ3n) is 9.50. The molecule has 4 heterocycles. The zero-order valence-corrected chi connectivity index (χ0v) is 22.7. The molecule has 0 amide bonds. The molecular weight excluding hydrogens is 495 g/mol. The first-order valence-corrected chi connectivity index (χ1v) is 14.4. The molecule has 1 aliphatic carbocycles. The Hall–Kier alpha value is -2.97. The van der Waals surface area contributed by atoms with Crippen LogP contribution in [-0.4, -0.2) is 76.1 Å². The van der Waals surface area contributed by atoms with Crippen LogP contribution in [0.4, 0.5) is 4.39 Å². The highest BCUT2D eigenvalue weighted by Crippen LogP contribution is 2.39.